The third-order valence-corrected chi connectivity index (χ3v) is 15.2. The number of hydrogen-bond acceptors (Lipinski definition) is 8. The Morgan fingerprint density at radius 1 is 1.07 bits per heavy atom. The fraction of sp³-hybridized carbons (Fsp3) is 0.700. The average molecular weight is 792 g/mol. The van der Waals surface area contributed by atoms with Crippen molar-refractivity contribution in [3.05, 3.63) is 49.6 Å². The van der Waals surface area contributed by atoms with Crippen LogP contribution in [-0.2, 0) is 24.2 Å². The number of rotatable bonds is 19. The molecule has 4 fully saturated rings. The van der Waals surface area contributed by atoms with Crippen LogP contribution in [0.5, 0.6) is 0 Å². The van der Waals surface area contributed by atoms with Crippen molar-refractivity contribution in [3.8, 4) is 0 Å². The highest BCUT2D eigenvalue weighted by atomic mass is 35.5. The van der Waals surface area contributed by atoms with Gasteiger partial charge in [-0.2, -0.15) is 0 Å². The van der Waals surface area contributed by atoms with Gasteiger partial charge in [0.15, 0.2) is 9.84 Å². The summed E-state index contributed by atoms with van der Waals surface area (Å²) in [5.41, 5.74) is -1.18. The second-order valence-corrected chi connectivity index (χ2v) is 19.0. The van der Waals surface area contributed by atoms with Crippen LogP contribution in [0.15, 0.2) is 49.6 Å². The monoisotopic (exact) mass is 791 g/mol. The molecule has 54 heavy (non-hydrogen) atoms. The highest BCUT2D eigenvalue weighted by Gasteiger charge is 2.53. The molecule has 0 aromatic carbocycles. The lowest BCUT2D eigenvalue weighted by Gasteiger charge is -2.46. The van der Waals surface area contributed by atoms with Crippen molar-refractivity contribution in [2.45, 2.75) is 138 Å². The molecule has 2 aliphatic heterocycles. The molecule has 4 rings (SSSR count). The first-order valence-corrected chi connectivity index (χ1v) is 21.7. The highest BCUT2D eigenvalue weighted by molar-refractivity contribution is 7.92. The maximum absolute atomic E-state index is 15.2. The van der Waals surface area contributed by atoms with Crippen LogP contribution in [0, 0.1) is 17.3 Å². The zero-order valence-corrected chi connectivity index (χ0v) is 33.9. The molecule has 12 nitrogen and oxygen atoms in total. The Labute approximate surface area is 327 Å². The first kappa shape index (κ1) is 43.7. The number of allylic oxidation sites excluding steroid dienone is 1. The molecule has 0 bridgehead atoms. The number of hydrogen-bond donors (Lipinski definition) is 5. The minimum absolute atomic E-state index is 0.0804. The predicted molar refractivity (Wildman–Crippen MR) is 212 cm³/mol. The van der Waals surface area contributed by atoms with E-state index >= 15 is 4.79 Å². The largest absolute Gasteiger partial charge is 0.376 e. The number of nitrogens with one attached hydrogen (secondary N) is 4. The lowest BCUT2D eigenvalue weighted by molar-refractivity contribution is -0.141. The van der Waals surface area contributed by atoms with E-state index in [1.54, 1.807) is 13.0 Å². The van der Waals surface area contributed by atoms with Crippen LogP contribution in [0.25, 0.3) is 0 Å². The van der Waals surface area contributed by atoms with Crippen molar-refractivity contribution in [2.75, 3.05) is 18.8 Å². The van der Waals surface area contributed by atoms with E-state index in [-0.39, 0.29) is 42.5 Å². The van der Waals surface area contributed by atoms with Crippen LogP contribution in [0.4, 0.5) is 4.79 Å². The van der Waals surface area contributed by atoms with Gasteiger partial charge < -0.3 is 26.0 Å². The zero-order valence-electron chi connectivity index (χ0n) is 32.3. The Balaban J connectivity index is 1.71. The fourth-order valence-electron chi connectivity index (χ4n) is 9.15. The maximum atomic E-state index is 15.2. The van der Waals surface area contributed by atoms with Crippen LogP contribution in [0.3, 0.4) is 0 Å². The lowest BCUT2D eigenvalue weighted by atomic mass is 9.67. The summed E-state index contributed by atoms with van der Waals surface area (Å²) in [6.07, 6.45) is 8.83. The number of urea groups is 1. The van der Waals surface area contributed by atoms with E-state index in [0.29, 0.717) is 49.7 Å². The summed E-state index contributed by atoms with van der Waals surface area (Å²) in [5.74, 6) is -1.97. The van der Waals surface area contributed by atoms with E-state index in [9.17, 15) is 27.9 Å². The third kappa shape index (κ3) is 9.50. The predicted octanol–water partition coefficient (Wildman–Crippen LogP) is 4.44. The zero-order chi connectivity index (χ0) is 40.0. The number of likely N-dealkylation sites (tertiary alicyclic amines) is 1. The number of Topliss-reactive ketones (excluding diaryl/α,β-unsaturated/α-hetero) is 1. The molecule has 4 amide bonds. The summed E-state index contributed by atoms with van der Waals surface area (Å²) in [6, 6.07) is -3.85. The minimum Gasteiger partial charge on any atom is -0.376 e. The summed E-state index contributed by atoms with van der Waals surface area (Å²) in [6.45, 7) is 21.7. The fourth-order valence-corrected chi connectivity index (χ4v) is 11.7. The van der Waals surface area contributed by atoms with E-state index in [2.05, 4.69) is 47.6 Å². The van der Waals surface area contributed by atoms with Crippen molar-refractivity contribution >= 4 is 45.1 Å². The number of aliphatic hydroxyl groups excluding tert-OH is 1. The van der Waals surface area contributed by atoms with Crippen molar-refractivity contribution in [1.82, 2.24) is 26.2 Å². The number of amides is 4. The molecule has 2 heterocycles. The Kier molecular flexibility index (Phi) is 14.8. The number of carbonyl (C=O) groups excluding carboxylic acids is 4. The quantitative estimate of drug-likeness (QED) is 0.0420. The lowest BCUT2D eigenvalue weighted by Crippen LogP contribution is -2.66. The molecular formula is C40H62ClN5O7S. The van der Waals surface area contributed by atoms with E-state index in [4.69, 9.17) is 11.6 Å². The molecule has 3 unspecified atom stereocenters. The molecular weight excluding hydrogens is 730 g/mol. The van der Waals surface area contributed by atoms with Gasteiger partial charge in [0, 0.05) is 23.9 Å². The normalized spacial score (nSPS) is 26.6. The molecule has 302 valence electrons. The van der Waals surface area contributed by atoms with E-state index in [1.807, 2.05) is 13.8 Å². The smallest absolute Gasteiger partial charge is 0.315 e. The molecule has 2 aliphatic carbocycles. The molecule has 0 aromatic rings. The van der Waals surface area contributed by atoms with Gasteiger partial charge in [0.1, 0.15) is 12.3 Å². The van der Waals surface area contributed by atoms with Crippen molar-refractivity contribution in [1.29, 1.82) is 0 Å². The second kappa shape index (κ2) is 18.3. The summed E-state index contributed by atoms with van der Waals surface area (Å²) in [4.78, 5) is 57.1. The number of alkyl halides is 1. The molecule has 14 heteroatoms. The summed E-state index contributed by atoms with van der Waals surface area (Å²) in [7, 11) is -3.43. The standard InChI is InChI=1S/C40H62ClN5O7S/c1-8-20-42-36(49)33(47)30(22-28-16-17-28)43-35(48)31-23-29(27(7)41)24-46(31)37(50)34(40(10-3,25(4)5)26(6)9-2)44-38(51)45-39(18-12-11-13-19-39)32-15-14-21-54(32,52)53/h8-9,27-32,34-35,43,48H,1-2,4,6,10-24H2,3,5,7H3,(H,42,49)(H2,44,45,51)/t27?,29-,30+,31+,32+,34-,35?,40?/m1/s1. The molecule has 2 saturated carbocycles. The number of halogens is 1. The number of ketones is 1. The number of sulfone groups is 1. The van der Waals surface area contributed by atoms with Crippen molar-refractivity contribution < 1.29 is 32.7 Å². The molecule has 2 saturated heterocycles. The second-order valence-electron chi connectivity index (χ2n) is 16.0. The van der Waals surface area contributed by atoms with Crippen LogP contribution in [0.2, 0.25) is 0 Å². The SMILES string of the molecule is C=CCNC(=O)C(=O)[C@H](CC1CC1)NC(O)[C@@H]1C[C@@H](C(C)Cl)CN1C(=O)[C@@H](NC(=O)NC1([C@@H]2CCCS2(=O)=O)CCCCC1)C(CC)(C(=C)C)C(=C)C=C. The molecule has 5 N–H and O–H groups in total. The summed E-state index contributed by atoms with van der Waals surface area (Å²) < 4.78 is 26.5. The van der Waals surface area contributed by atoms with Gasteiger partial charge in [0.25, 0.3) is 5.91 Å². The number of aliphatic hydroxyl groups is 1. The van der Waals surface area contributed by atoms with E-state index in [0.717, 1.165) is 32.1 Å². The molecule has 0 spiro atoms. The van der Waals surface area contributed by atoms with Gasteiger partial charge in [0.2, 0.25) is 11.7 Å². The topological polar surface area (TPSA) is 174 Å². The van der Waals surface area contributed by atoms with Gasteiger partial charge in [-0.3, -0.25) is 19.7 Å². The van der Waals surface area contributed by atoms with Gasteiger partial charge in [-0.15, -0.1) is 18.2 Å². The third-order valence-electron chi connectivity index (χ3n) is 12.5. The highest BCUT2D eigenvalue weighted by Crippen LogP contribution is 2.44. The van der Waals surface area contributed by atoms with Gasteiger partial charge >= 0.3 is 6.03 Å². The van der Waals surface area contributed by atoms with Gasteiger partial charge in [-0.05, 0) is 76.2 Å². The van der Waals surface area contributed by atoms with Crippen LogP contribution in [-0.4, -0.2) is 101 Å². The summed E-state index contributed by atoms with van der Waals surface area (Å²) >= 11 is 6.64. The number of carbonyl (C=O) groups is 4. The van der Waals surface area contributed by atoms with Gasteiger partial charge in [0.05, 0.1) is 28.6 Å². The Morgan fingerprint density at radius 2 is 1.74 bits per heavy atom. The first-order valence-electron chi connectivity index (χ1n) is 19.6. The maximum Gasteiger partial charge on any atom is 0.315 e. The van der Waals surface area contributed by atoms with E-state index < -0.39 is 74.0 Å². The molecule has 8 atom stereocenters. The minimum atomic E-state index is -3.43. The molecule has 4 aliphatic rings. The summed E-state index contributed by atoms with van der Waals surface area (Å²) in [5, 5.41) is 22.3. The molecule has 0 radical (unpaired) electrons. The van der Waals surface area contributed by atoms with E-state index in [1.165, 1.54) is 11.0 Å². The average Bonchev–Trinajstić information content (AvgIpc) is 3.70. The van der Waals surface area contributed by atoms with Crippen molar-refractivity contribution in [2.24, 2.45) is 17.3 Å². The van der Waals surface area contributed by atoms with Crippen LogP contribution < -0.4 is 21.3 Å². The van der Waals surface area contributed by atoms with Crippen LogP contribution >= 0.6 is 11.6 Å². The Morgan fingerprint density at radius 3 is 2.26 bits per heavy atom. The Hall–Kier alpha value is -3.00. The van der Waals surface area contributed by atoms with Gasteiger partial charge in [-0.25, -0.2) is 13.2 Å². The van der Waals surface area contributed by atoms with Crippen LogP contribution in [0.1, 0.15) is 97.8 Å². The first-order chi connectivity index (χ1) is 25.5. The van der Waals surface area contributed by atoms with Gasteiger partial charge in [-0.1, -0.05) is 76.5 Å². The molecule has 0 aromatic heterocycles. The Bertz CT molecular complexity index is 1570. The number of nitrogens with zero attached hydrogens (tertiary/aromatic N) is 1. The van der Waals surface area contributed by atoms with Crippen molar-refractivity contribution in [3.63, 3.8) is 0 Å².